The summed E-state index contributed by atoms with van der Waals surface area (Å²) in [7, 11) is 1.41. The zero-order chi connectivity index (χ0) is 11.6. The average Bonchev–Trinajstić information content (AvgIpc) is 2.20. The molecule has 0 heterocycles. The molecule has 1 aromatic carbocycles. The Morgan fingerprint density at radius 1 is 1.47 bits per heavy atom. The Bertz CT molecular complexity index is 423. The Kier molecular flexibility index (Phi) is 3.21. The van der Waals surface area contributed by atoms with Crippen LogP contribution in [0.3, 0.4) is 0 Å². The quantitative estimate of drug-likeness (QED) is 0.777. The number of benzene rings is 1. The van der Waals surface area contributed by atoms with Gasteiger partial charge < -0.3 is 4.74 Å². The summed E-state index contributed by atoms with van der Waals surface area (Å²) in [5.74, 6) is -0.213. The first-order valence-electron chi connectivity index (χ1n) is 4.37. The highest BCUT2D eigenvalue weighted by Gasteiger charge is 2.25. The van der Waals surface area contributed by atoms with Crippen LogP contribution in [0.25, 0.3) is 0 Å². The van der Waals surface area contributed by atoms with Crippen LogP contribution >= 0.6 is 11.6 Å². The number of nitriles is 1. The maximum atomic E-state index is 13.6. The van der Waals surface area contributed by atoms with Gasteiger partial charge in [0.1, 0.15) is 11.6 Å². The summed E-state index contributed by atoms with van der Waals surface area (Å²) < 4.78 is 18.5. The molecular weight excluding hydrogens is 217 g/mol. The number of hydrogen-bond donors (Lipinski definition) is 0. The van der Waals surface area contributed by atoms with Crippen LogP contribution < -0.4 is 4.74 Å². The first-order valence-corrected chi connectivity index (χ1v) is 4.75. The number of rotatable bonds is 2. The van der Waals surface area contributed by atoms with Crippen LogP contribution in [-0.4, -0.2) is 7.11 Å². The fourth-order valence-electron chi connectivity index (χ4n) is 1.22. The Balaban J connectivity index is 3.36. The molecule has 0 fully saturated rings. The predicted molar refractivity (Wildman–Crippen MR) is 56.6 cm³/mol. The van der Waals surface area contributed by atoms with Crippen LogP contribution in [0.15, 0.2) is 12.1 Å². The molecule has 80 valence electrons. The smallest absolute Gasteiger partial charge is 0.140 e. The van der Waals surface area contributed by atoms with Gasteiger partial charge in [0.25, 0.3) is 0 Å². The van der Waals surface area contributed by atoms with E-state index in [0.717, 1.165) is 0 Å². The molecule has 0 unspecified atom stereocenters. The lowest BCUT2D eigenvalue weighted by Gasteiger charge is -2.17. The highest BCUT2D eigenvalue weighted by atomic mass is 35.5. The maximum Gasteiger partial charge on any atom is 0.140 e. The Morgan fingerprint density at radius 3 is 2.53 bits per heavy atom. The standard InChI is InChI=1S/C11H11ClFNO/c1-11(2,6-14)7-4-8(12)10(15-3)5-9(7)13/h4-5H,1-3H3. The third-order valence-corrected chi connectivity index (χ3v) is 2.49. The SMILES string of the molecule is COc1cc(F)c(C(C)(C)C#N)cc1Cl. The summed E-state index contributed by atoms with van der Waals surface area (Å²) >= 11 is 5.86. The minimum absolute atomic E-state index is 0.270. The molecule has 15 heavy (non-hydrogen) atoms. The average molecular weight is 228 g/mol. The second-order valence-corrected chi connectivity index (χ2v) is 4.11. The van der Waals surface area contributed by atoms with E-state index in [1.165, 1.54) is 19.2 Å². The fraction of sp³-hybridized carbons (Fsp3) is 0.364. The summed E-state index contributed by atoms with van der Waals surface area (Å²) in [5.41, 5.74) is -0.629. The number of hydrogen-bond acceptors (Lipinski definition) is 2. The van der Waals surface area contributed by atoms with Gasteiger partial charge in [0.15, 0.2) is 0 Å². The largest absolute Gasteiger partial charge is 0.495 e. The van der Waals surface area contributed by atoms with Crippen molar-refractivity contribution in [2.75, 3.05) is 7.11 Å². The molecule has 0 saturated heterocycles. The highest BCUT2D eigenvalue weighted by Crippen LogP contribution is 2.33. The predicted octanol–water partition coefficient (Wildman–Crippen LogP) is 3.29. The van der Waals surface area contributed by atoms with E-state index >= 15 is 0 Å². The molecule has 1 rings (SSSR count). The van der Waals surface area contributed by atoms with Crippen LogP contribution in [0.5, 0.6) is 5.75 Å². The molecular formula is C11H11ClFNO. The van der Waals surface area contributed by atoms with E-state index < -0.39 is 11.2 Å². The van der Waals surface area contributed by atoms with Crippen molar-refractivity contribution < 1.29 is 9.13 Å². The zero-order valence-corrected chi connectivity index (χ0v) is 9.52. The van der Waals surface area contributed by atoms with Crippen LogP contribution in [0.2, 0.25) is 5.02 Å². The van der Waals surface area contributed by atoms with E-state index in [0.29, 0.717) is 5.02 Å². The van der Waals surface area contributed by atoms with Crippen molar-refractivity contribution in [1.29, 1.82) is 5.26 Å². The van der Waals surface area contributed by atoms with E-state index in [9.17, 15) is 4.39 Å². The lowest BCUT2D eigenvalue weighted by molar-refractivity contribution is 0.410. The Morgan fingerprint density at radius 2 is 2.07 bits per heavy atom. The molecule has 2 nitrogen and oxygen atoms in total. The van der Waals surface area contributed by atoms with E-state index in [4.69, 9.17) is 21.6 Å². The van der Waals surface area contributed by atoms with Crippen LogP contribution in [0.4, 0.5) is 4.39 Å². The van der Waals surface area contributed by atoms with Crippen molar-refractivity contribution >= 4 is 11.6 Å². The third kappa shape index (κ3) is 2.21. The third-order valence-electron chi connectivity index (χ3n) is 2.19. The minimum atomic E-state index is -0.903. The van der Waals surface area contributed by atoms with Crippen LogP contribution in [0, 0.1) is 17.1 Å². The molecule has 0 aliphatic rings. The van der Waals surface area contributed by atoms with Crippen molar-refractivity contribution in [3.8, 4) is 11.8 Å². The lowest BCUT2D eigenvalue weighted by Crippen LogP contribution is -2.16. The molecule has 0 aromatic heterocycles. The first kappa shape index (κ1) is 11.8. The second kappa shape index (κ2) is 4.08. The van der Waals surface area contributed by atoms with E-state index in [2.05, 4.69) is 0 Å². The number of ether oxygens (including phenoxy) is 1. The van der Waals surface area contributed by atoms with Crippen LogP contribution in [0.1, 0.15) is 19.4 Å². The van der Waals surface area contributed by atoms with Gasteiger partial charge in [-0.15, -0.1) is 0 Å². The maximum absolute atomic E-state index is 13.6. The highest BCUT2D eigenvalue weighted by molar-refractivity contribution is 6.32. The summed E-state index contributed by atoms with van der Waals surface area (Å²) in [5, 5.41) is 9.20. The summed E-state index contributed by atoms with van der Waals surface area (Å²) in [6, 6.07) is 4.64. The summed E-state index contributed by atoms with van der Waals surface area (Å²) in [6.45, 7) is 3.27. The minimum Gasteiger partial charge on any atom is -0.495 e. The number of methoxy groups -OCH3 is 1. The normalized spacial score (nSPS) is 10.9. The molecule has 0 N–H and O–H groups in total. The van der Waals surface area contributed by atoms with Crippen molar-refractivity contribution in [1.82, 2.24) is 0 Å². The van der Waals surface area contributed by atoms with Crippen molar-refractivity contribution in [2.45, 2.75) is 19.3 Å². The van der Waals surface area contributed by atoms with Crippen molar-refractivity contribution in [3.05, 3.63) is 28.5 Å². The van der Waals surface area contributed by atoms with E-state index in [1.54, 1.807) is 13.8 Å². The molecule has 4 heteroatoms. The molecule has 0 spiro atoms. The van der Waals surface area contributed by atoms with Gasteiger partial charge in [0.2, 0.25) is 0 Å². The molecule has 0 radical (unpaired) electrons. The first-order chi connectivity index (χ1) is 6.92. The van der Waals surface area contributed by atoms with Gasteiger partial charge >= 0.3 is 0 Å². The molecule has 0 aliphatic carbocycles. The lowest BCUT2D eigenvalue weighted by atomic mass is 9.86. The van der Waals surface area contributed by atoms with E-state index in [1.807, 2.05) is 6.07 Å². The van der Waals surface area contributed by atoms with Gasteiger partial charge in [0.05, 0.1) is 23.6 Å². The molecule has 1 aromatic rings. The van der Waals surface area contributed by atoms with Gasteiger partial charge in [-0.25, -0.2) is 4.39 Å². The molecule has 0 saturated carbocycles. The van der Waals surface area contributed by atoms with Crippen molar-refractivity contribution in [3.63, 3.8) is 0 Å². The number of halogens is 2. The summed E-state index contributed by atoms with van der Waals surface area (Å²) in [6.07, 6.45) is 0. The molecule has 0 aliphatic heterocycles. The van der Waals surface area contributed by atoms with Crippen LogP contribution in [-0.2, 0) is 5.41 Å². The second-order valence-electron chi connectivity index (χ2n) is 3.70. The van der Waals surface area contributed by atoms with Gasteiger partial charge in [-0.2, -0.15) is 5.26 Å². The van der Waals surface area contributed by atoms with Gasteiger partial charge in [-0.1, -0.05) is 11.6 Å². The monoisotopic (exact) mass is 227 g/mol. The topological polar surface area (TPSA) is 33.0 Å². The molecule has 0 bridgehead atoms. The molecule has 0 atom stereocenters. The van der Waals surface area contributed by atoms with Gasteiger partial charge in [-0.3, -0.25) is 0 Å². The Hall–Kier alpha value is -1.27. The van der Waals surface area contributed by atoms with Crippen molar-refractivity contribution in [2.24, 2.45) is 0 Å². The Labute approximate surface area is 93.2 Å². The zero-order valence-electron chi connectivity index (χ0n) is 8.77. The van der Waals surface area contributed by atoms with E-state index in [-0.39, 0.29) is 11.3 Å². The fourth-order valence-corrected chi connectivity index (χ4v) is 1.47. The molecule has 0 amide bonds. The van der Waals surface area contributed by atoms with Gasteiger partial charge in [-0.05, 0) is 19.9 Å². The summed E-state index contributed by atoms with van der Waals surface area (Å²) in [4.78, 5) is 0. The number of nitrogens with zero attached hydrogens (tertiary/aromatic N) is 1. The van der Waals surface area contributed by atoms with Gasteiger partial charge in [0, 0.05) is 11.6 Å².